The maximum absolute atomic E-state index is 12.9. The average molecular weight is 266 g/mol. The summed E-state index contributed by atoms with van der Waals surface area (Å²) in [5.74, 6) is -0.272. The first-order valence-corrected chi connectivity index (χ1v) is 6.66. The maximum atomic E-state index is 12.9. The minimum Gasteiger partial charge on any atom is -0.329 e. The molecule has 0 heterocycles. The van der Waals surface area contributed by atoms with E-state index in [1.807, 2.05) is 13.8 Å². The molecule has 19 heavy (non-hydrogen) atoms. The van der Waals surface area contributed by atoms with Crippen molar-refractivity contribution in [2.75, 3.05) is 13.6 Å². The van der Waals surface area contributed by atoms with Crippen LogP contribution in [-0.2, 0) is 5.54 Å². The van der Waals surface area contributed by atoms with Crippen molar-refractivity contribution >= 4 is 6.03 Å². The van der Waals surface area contributed by atoms with Gasteiger partial charge in [0.25, 0.3) is 0 Å². The van der Waals surface area contributed by atoms with Crippen molar-refractivity contribution < 1.29 is 9.18 Å². The van der Waals surface area contributed by atoms with Gasteiger partial charge in [-0.05, 0) is 38.0 Å². The standard InChI is InChI=1S/C15H23FN2O/c1-5-6-11-18(4)14(19)17-15(2,3)12-7-9-13(16)10-8-12/h7-10H,5-6,11H2,1-4H3,(H,17,19). The van der Waals surface area contributed by atoms with Gasteiger partial charge in [-0.25, -0.2) is 9.18 Å². The highest BCUT2D eigenvalue weighted by Crippen LogP contribution is 2.20. The summed E-state index contributed by atoms with van der Waals surface area (Å²) in [6, 6.07) is 6.10. The molecule has 4 heteroatoms. The van der Waals surface area contributed by atoms with Crippen LogP contribution in [0.15, 0.2) is 24.3 Å². The van der Waals surface area contributed by atoms with Gasteiger partial charge in [0.15, 0.2) is 0 Å². The highest BCUT2D eigenvalue weighted by molar-refractivity contribution is 5.74. The molecular weight excluding hydrogens is 243 g/mol. The van der Waals surface area contributed by atoms with Crippen LogP contribution < -0.4 is 5.32 Å². The second-order valence-corrected chi connectivity index (χ2v) is 5.34. The van der Waals surface area contributed by atoms with Crippen molar-refractivity contribution in [2.45, 2.75) is 39.2 Å². The lowest BCUT2D eigenvalue weighted by atomic mass is 9.94. The molecule has 0 saturated carbocycles. The molecule has 2 amide bonds. The number of rotatable bonds is 5. The Bertz CT molecular complexity index is 415. The van der Waals surface area contributed by atoms with Crippen molar-refractivity contribution in [3.05, 3.63) is 35.6 Å². The predicted molar refractivity (Wildman–Crippen MR) is 75.5 cm³/mol. The number of urea groups is 1. The molecule has 0 aromatic heterocycles. The van der Waals surface area contributed by atoms with Crippen LogP contribution in [0, 0.1) is 5.82 Å². The predicted octanol–water partition coefficient (Wildman–Crippen LogP) is 3.50. The summed E-state index contributed by atoms with van der Waals surface area (Å²) in [6.45, 7) is 6.65. The molecule has 0 bridgehead atoms. The summed E-state index contributed by atoms with van der Waals surface area (Å²) in [5.41, 5.74) is 0.358. The molecule has 0 aliphatic rings. The Morgan fingerprint density at radius 1 is 1.32 bits per heavy atom. The van der Waals surface area contributed by atoms with E-state index < -0.39 is 5.54 Å². The van der Waals surface area contributed by atoms with E-state index in [2.05, 4.69) is 12.2 Å². The monoisotopic (exact) mass is 266 g/mol. The molecular formula is C15H23FN2O. The second kappa shape index (κ2) is 6.55. The van der Waals surface area contributed by atoms with Crippen LogP contribution in [-0.4, -0.2) is 24.5 Å². The van der Waals surface area contributed by atoms with E-state index in [1.165, 1.54) is 12.1 Å². The van der Waals surface area contributed by atoms with Gasteiger partial charge in [0, 0.05) is 13.6 Å². The first-order valence-electron chi connectivity index (χ1n) is 6.66. The van der Waals surface area contributed by atoms with Gasteiger partial charge in [0.1, 0.15) is 5.82 Å². The number of benzene rings is 1. The van der Waals surface area contributed by atoms with Crippen LogP contribution in [0.1, 0.15) is 39.2 Å². The molecule has 106 valence electrons. The minimum atomic E-state index is -0.523. The fourth-order valence-corrected chi connectivity index (χ4v) is 1.80. The molecule has 0 atom stereocenters. The third kappa shape index (κ3) is 4.54. The number of unbranched alkanes of at least 4 members (excludes halogenated alkanes) is 1. The SMILES string of the molecule is CCCCN(C)C(=O)NC(C)(C)c1ccc(F)cc1. The molecule has 0 fully saturated rings. The fourth-order valence-electron chi connectivity index (χ4n) is 1.80. The summed E-state index contributed by atoms with van der Waals surface area (Å²) < 4.78 is 12.9. The van der Waals surface area contributed by atoms with Crippen LogP contribution in [0.4, 0.5) is 9.18 Å². The van der Waals surface area contributed by atoms with Gasteiger partial charge in [-0.2, -0.15) is 0 Å². The third-order valence-electron chi connectivity index (χ3n) is 3.18. The van der Waals surface area contributed by atoms with Gasteiger partial charge in [0.05, 0.1) is 5.54 Å². The lowest BCUT2D eigenvalue weighted by Gasteiger charge is -2.30. The van der Waals surface area contributed by atoms with E-state index in [4.69, 9.17) is 0 Å². The minimum absolute atomic E-state index is 0.109. The topological polar surface area (TPSA) is 32.3 Å². The number of nitrogens with one attached hydrogen (secondary N) is 1. The Morgan fingerprint density at radius 3 is 2.42 bits per heavy atom. The second-order valence-electron chi connectivity index (χ2n) is 5.34. The molecule has 3 nitrogen and oxygen atoms in total. The average Bonchev–Trinajstić information content (AvgIpc) is 2.35. The number of carbonyl (C=O) groups excluding carboxylic acids is 1. The molecule has 1 aromatic rings. The summed E-state index contributed by atoms with van der Waals surface area (Å²) in [6.07, 6.45) is 2.04. The lowest BCUT2D eigenvalue weighted by Crippen LogP contribution is -2.47. The molecule has 0 radical (unpaired) electrons. The van der Waals surface area contributed by atoms with Crippen molar-refractivity contribution in [3.8, 4) is 0 Å². The normalized spacial score (nSPS) is 11.2. The zero-order valence-corrected chi connectivity index (χ0v) is 12.2. The molecule has 1 rings (SSSR count). The Labute approximate surface area is 114 Å². The van der Waals surface area contributed by atoms with Crippen molar-refractivity contribution in [2.24, 2.45) is 0 Å². The van der Waals surface area contributed by atoms with Crippen LogP contribution >= 0.6 is 0 Å². The first kappa shape index (κ1) is 15.5. The number of nitrogens with zero attached hydrogens (tertiary/aromatic N) is 1. The zero-order chi connectivity index (χ0) is 14.5. The van der Waals surface area contributed by atoms with E-state index in [0.717, 1.165) is 24.9 Å². The first-order chi connectivity index (χ1) is 8.86. The smallest absolute Gasteiger partial charge is 0.317 e. The van der Waals surface area contributed by atoms with Gasteiger partial charge in [-0.15, -0.1) is 0 Å². The van der Waals surface area contributed by atoms with E-state index in [9.17, 15) is 9.18 Å². The molecule has 1 aromatic carbocycles. The van der Waals surface area contributed by atoms with E-state index in [0.29, 0.717) is 0 Å². The van der Waals surface area contributed by atoms with E-state index in [1.54, 1.807) is 24.1 Å². The van der Waals surface area contributed by atoms with Crippen LogP contribution in [0.5, 0.6) is 0 Å². The largest absolute Gasteiger partial charge is 0.329 e. The number of amides is 2. The fraction of sp³-hybridized carbons (Fsp3) is 0.533. The molecule has 1 N–H and O–H groups in total. The van der Waals surface area contributed by atoms with Crippen molar-refractivity contribution in [1.29, 1.82) is 0 Å². The third-order valence-corrected chi connectivity index (χ3v) is 3.18. The number of carbonyl (C=O) groups is 1. The summed E-state index contributed by atoms with van der Waals surface area (Å²) in [4.78, 5) is 13.7. The summed E-state index contributed by atoms with van der Waals surface area (Å²) >= 11 is 0. The zero-order valence-electron chi connectivity index (χ0n) is 12.2. The molecule has 0 unspecified atom stereocenters. The van der Waals surface area contributed by atoms with Crippen LogP contribution in [0.3, 0.4) is 0 Å². The lowest BCUT2D eigenvalue weighted by molar-refractivity contribution is 0.196. The molecule has 0 aliphatic carbocycles. The van der Waals surface area contributed by atoms with Crippen molar-refractivity contribution in [3.63, 3.8) is 0 Å². The van der Waals surface area contributed by atoms with E-state index in [-0.39, 0.29) is 11.8 Å². The van der Waals surface area contributed by atoms with Gasteiger partial charge in [0.2, 0.25) is 0 Å². The van der Waals surface area contributed by atoms with Gasteiger partial charge in [-0.1, -0.05) is 25.5 Å². The quantitative estimate of drug-likeness (QED) is 0.869. The van der Waals surface area contributed by atoms with Crippen LogP contribution in [0.25, 0.3) is 0 Å². The Balaban J connectivity index is 2.68. The van der Waals surface area contributed by atoms with Crippen molar-refractivity contribution in [1.82, 2.24) is 10.2 Å². The Morgan fingerprint density at radius 2 is 1.89 bits per heavy atom. The van der Waals surface area contributed by atoms with Gasteiger partial charge < -0.3 is 10.2 Å². The summed E-state index contributed by atoms with van der Waals surface area (Å²) in [7, 11) is 1.78. The Kier molecular flexibility index (Phi) is 5.33. The van der Waals surface area contributed by atoms with Gasteiger partial charge in [-0.3, -0.25) is 0 Å². The maximum Gasteiger partial charge on any atom is 0.317 e. The number of hydrogen-bond donors (Lipinski definition) is 1. The highest BCUT2D eigenvalue weighted by Gasteiger charge is 2.24. The molecule has 0 aliphatic heterocycles. The molecule has 0 saturated heterocycles. The van der Waals surface area contributed by atoms with Crippen LogP contribution in [0.2, 0.25) is 0 Å². The summed E-state index contributed by atoms with van der Waals surface area (Å²) in [5, 5.41) is 2.97. The Hall–Kier alpha value is -1.58. The highest BCUT2D eigenvalue weighted by atomic mass is 19.1. The van der Waals surface area contributed by atoms with Gasteiger partial charge >= 0.3 is 6.03 Å². The number of halogens is 1. The number of hydrogen-bond acceptors (Lipinski definition) is 1. The molecule has 0 spiro atoms. The van der Waals surface area contributed by atoms with E-state index >= 15 is 0 Å².